The van der Waals surface area contributed by atoms with E-state index in [0.29, 0.717) is 0 Å². The molecule has 0 aromatic heterocycles. The van der Waals surface area contributed by atoms with Crippen molar-refractivity contribution in [2.24, 2.45) is 0 Å². The van der Waals surface area contributed by atoms with Gasteiger partial charge in [-0.1, -0.05) is 25.4 Å². The summed E-state index contributed by atoms with van der Waals surface area (Å²) in [6.07, 6.45) is -0.0828. The van der Waals surface area contributed by atoms with Gasteiger partial charge in [-0.3, -0.25) is 14.9 Å². The number of sulfone groups is 1. The van der Waals surface area contributed by atoms with Gasteiger partial charge in [0.15, 0.2) is 15.6 Å². The van der Waals surface area contributed by atoms with Crippen molar-refractivity contribution in [3.63, 3.8) is 0 Å². The highest BCUT2D eigenvalue weighted by molar-refractivity contribution is 7.95. The first kappa shape index (κ1) is 16.6. The molecular formula is C12H14ClNO5S. The molecule has 0 heterocycles. The van der Waals surface area contributed by atoms with Crippen LogP contribution in [-0.4, -0.2) is 29.1 Å². The Labute approximate surface area is 121 Å². The lowest BCUT2D eigenvalue weighted by molar-refractivity contribution is -0.384. The van der Waals surface area contributed by atoms with Crippen LogP contribution < -0.4 is 0 Å². The molecule has 0 aliphatic carbocycles. The lowest BCUT2D eigenvalue weighted by atomic mass is 10.1. The zero-order valence-corrected chi connectivity index (χ0v) is 12.6. The Kier molecular flexibility index (Phi) is 4.88. The van der Waals surface area contributed by atoms with E-state index >= 15 is 0 Å². The molecular weight excluding hydrogens is 306 g/mol. The predicted octanol–water partition coefficient (Wildman–Crippen LogP) is 2.56. The van der Waals surface area contributed by atoms with Gasteiger partial charge in [-0.25, -0.2) is 8.42 Å². The number of Topliss-reactive ketones (excluding diaryl/α,β-unsaturated/α-hetero) is 1. The fraction of sp³-hybridized carbons (Fsp3) is 0.417. The molecule has 0 radical (unpaired) electrons. The van der Waals surface area contributed by atoms with Gasteiger partial charge in [0, 0.05) is 23.4 Å². The summed E-state index contributed by atoms with van der Waals surface area (Å²) in [6, 6.07) is 4.69. The number of hydrogen-bond acceptors (Lipinski definition) is 5. The lowest BCUT2D eigenvalue weighted by Crippen LogP contribution is -2.41. The molecule has 0 N–H and O–H groups in total. The predicted molar refractivity (Wildman–Crippen MR) is 75.8 cm³/mol. The number of rotatable bonds is 6. The minimum Gasteiger partial charge on any atom is -0.291 e. The van der Waals surface area contributed by atoms with Crippen molar-refractivity contribution in [3.05, 3.63) is 39.9 Å². The summed E-state index contributed by atoms with van der Waals surface area (Å²) in [5.74, 6) is -1.03. The van der Waals surface area contributed by atoms with Gasteiger partial charge in [0.25, 0.3) is 5.69 Å². The molecule has 1 atom stereocenters. The smallest absolute Gasteiger partial charge is 0.269 e. The zero-order valence-electron chi connectivity index (χ0n) is 11.0. The van der Waals surface area contributed by atoms with E-state index < -0.39 is 24.8 Å². The van der Waals surface area contributed by atoms with Crippen LogP contribution in [0.4, 0.5) is 5.69 Å². The van der Waals surface area contributed by atoms with Crippen LogP contribution in [0.3, 0.4) is 0 Å². The summed E-state index contributed by atoms with van der Waals surface area (Å²) in [6.45, 7) is 2.91. The van der Waals surface area contributed by atoms with E-state index in [1.54, 1.807) is 0 Å². The lowest BCUT2D eigenvalue weighted by Gasteiger charge is -2.23. The molecule has 8 heteroatoms. The molecule has 1 aromatic rings. The summed E-state index contributed by atoms with van der Waals surface area (Å²) in [4.78, 5) is 22.2. The van der Waals surface area contributed by atoms with Gasteiger partial charge < -0.3 is 0 Å². The SMILES string of the molecule is CCC(Cl)(C(=O)c1ccc([N+](=O)[O-])cc1)S(=O)(=O)CC. The molecule has 0 amide bonds. The van der Waals surface area contributed by atoms with Gasteiger partial charge >= 0.3 is 0 Å². The minimum atomic E-state index is -3.80. The number of alkyl halides is 1. The van der Waals surface area contributed by atoms with Gasteiger partial charge in [0.1, 0.15) is 0 Å². The maximum absolute atomic E-state index is 12.3. The van der Waals surface area contributed by atoms with Crippen LogP contribution in [0, 0.1) is 10.1 Å². The summed E-state index contributed by atoms with van der Waals surface area (Å²) < 4.78 is 21.9. The van der Waals surface area contributed by atoms with E-state index in [4.69, 9.17) is 11.6 Å². The molecule has 0 saturated heterocycles. The Morgan fingerprint density at radius 1 is 1.30 bits per heavy atom. The third-order valence-electron chi connectivity index (χ3n) is 3.01. The second-order valence-corrected chi connectivity index (χ2v) is 7.49. The molecule has 110 valence electrons. The second-order valence-electron chi connectivity index (χ2n) is 4.12. The molecule has 1 aromatic carbocycles. The summed E-state index contributed by atoms with van der Waals surface area (Å²) in [5.41, 5.74) is -0.152. The van der Waals surface area contributed by atoms with E-state index in [1.807, 2.05) is 0 Å². The number of carbonyl (C=O) groups excluding carboxylic acids is 1. The standard InChI is InChI=1S/C12H14ClNO5S/c1-3-12(13,20(18,19)4-2)11(15)9-5-7-10(8-6-9)14(16)17/h5-8H,3-4H2,1-2H3. The number of non-ortho nitro benzene ring substituents is 1. The van der Waals surface area contributed by atoms with E-state index in [1.165, 1.54) is 26.0 Å². The van der Waals surface area contributed by atoms with E-state index in [0.717, 1.165) is 12.1 Å². The van der Waals surface area contributed by atoms with Crippen molar-refractivity contribution in [2.45, 2.75) is 24.5 Å². The minimum absolute atomic E-state index is 0.0319. The Bertz CT molecular complexity index is 626. The number of carbonyl (C=O) groups is 1. The van der Waals surface area contributed by atoms with Crippen molar-refractivity contribution in [3.8, 4) is 0 Å². The maximum Gasteiger partial charge on any atom is 0.269 e. The number of ketones is 1. The quantitative estimate of drug-likeness (QED) is 0.347. The van der Waals surface area contributed by atoms with Crippen molar-refractivity contribution in [1.29, 1.82) is 0 Å². The van der Waals surface area contributed by atoms with Crippen LogP contribution in [0.2, 0.25) is 0 Å². The topological polar surface area (TPSA) is 94.3 Å². The molecule has 0 fully saturated rings. The number of halogens is 1. The summed E-state index contributed by atoms with van der Waals surface area (Å²) in [5, 5.41) is 10.5. The van der Waals surface area contributed by atoms with Crippen molar-refractivity contribution in [2.75, 3.05) is 5.75 Å². The van der Waals surface area contributed by atoms with E-state index in [9.17, 15) is 23.3 Å². The Morgan fingerprint density at radius 2 is 1.80 bits per heavy atom. The van der Waals surface area contributed by atoms with E-state index in [2.05, 4.69) is 0 Å². The monoisotopic (exact) mass is 319 g/mol. The molecule has 20 heavy (non-hydrogen) atoms. The highest BCUT2D eigenvalue weighted by Gasteiger charge is 2.46. The zero-order chi connectivity index (χ0) is 15.6. The Morgan fingerprint density at radius 3 is 2.15 bits per heavy atom. The van der Waals surface area contributed by atoms with Crippen LogP contribution in [-0.2, 0) is 9.84 Å². The first-order valence-electron chi connectivity index (χ1n) is 5.90. The highest BCUT2D eigenvalue weighted by Crippen LogP contribution is 2.32. The normalized spacial score (nSPS) is 14.6. The first-order valence-corrected chi connectivity index (χ1v) is 7.93. The van der Waals surface area contributed by atoms with Crippen LogP contribution in [0.5, 0.6) is 0 Å². The number of nitro groups is 1. The fourth-order valence-corrected chi connectivity index (χ4v) is 3.43. The van der Waals surface area contributed by atoms with Gasteiger partial charge in [-0.2, -0.15) is 0 Å². The molecule has 0 saturated carbocycles. The van der Waals surface area contributed by atoms with Crippen LogP contribution in [0.1, 0.15) is 30.6 Å². The van der Waals surface area contributed by atoms with Crippen LogP contribution >= 0.6 is 11.6 Å². The van der Waals surface area contributed by atoms with Crippen molar-refractivity contribution in [1.82, 2.24) is 0 Å². The molecule has 1 rings (SSSR count). The third-order valence-corrected chi connectivity index (χ3v) is 6.37. The molecule has 0 spiro atoms. The molecule has 1 unspecified atom stereocenters. The second kappa shape index (κ2) is 5.88. The Balaban J connectivity index is 3.25. The van der Waals surface area contributed by atoms with Gasteiger partial charge in [0.2, 0.25) is 4.21 Å². The molecule has 0 aliphatic heterocycles. The number of hydrogen-bond donors (Lipinski definition) is 0. The van der Waals surface area contributed by atoms with Gasteiger partial charge in [0.05, 0.1) is 4.92 Å². The largest absolute Gasteiger partial charge is 0.291 e. The number of benzene rings is 1. The first-order chi connectivity index (χ1) is 9.19. The van der Waals surface area contributed by atoms with Crippen molar-refractivity contribution < 1.29 is 18.1 Å². The Hall–Kier alpha value is -1.47. The van der Waals surface area contributed by atoms with Crippen molar-refractivity contribution >= 4 is 32.9 Å². The average molecular weight is 320 g/mol. The molecule has 6 nitrogen and oxygen atoms in total. The molecule has 0 bridgehead atoms. The van der Waals surface area contributed by atoms with Crippen LogP contribution in [0.25, 0.3) is 0 Å². The fourth-order valence-electron chi connectivity index (χ4n) is 1.70. The van der Waals surface area contributed by atoms with Gasteiger partial charge in [-0.15, -0.1) is 0 Å². The third kappa shape index (κ3) is 2.83. The van der Waals surface area contributed by atoms with Gasteiger partial charge in [-0.05, 0) is 18.6 Å². The highest BCUT2D eigenvalue weighted by atomic mass is 35.5. The van der Waals surface area contributed by atoms with Crippen LogP contribution in [0.15, 0.2) is 24.3 Å². The van der Waals surface area contributed by atoms with E-state index in [-0.39, 0.29) is 23.4 Å². The summed E-state index contributed by atoms with van der Waals surface area (Å²) in [7, 11) is -3.80. The maximum atomic E-state index is 12.3. The number of nitrogens with zero attached hydrogens (tertiary/aromatic N) is 1. The average Bonchev–Trinajstić information content (AvgIpc) is 2.45. The molecule has 0 aliphatic rings. The summed E-state index contributed by atoms with van der Waals surface area (Å²) >= 11 is 6.03. The number of nitro benzene ring substituents is 1.